The number of aliphatic hydroxyl groups excluding tert-OH is 1. The molecule has 3 N–H and O–H groups in total. The number of hydrogen-bond donors (Lipinski definition) is 3. The molecule has 2 aromatic rings. The number of nitrogens with zero attached hydrogens (tertiary/aromatic N) is 1. The molecule has 1 aromatic heterocycles. The Bertz CT molecular complexity index is 1350. The molecule has 0 spiro atoms. The molecule has 1 aliphatic rings. The Morgan fingerprint density at radius 1 is 1.30 bits per heavy atom. The molecule has 0 bridgehead atoms. The molecule has 222 valence electrons. The normalized spacial score (nSPS) is 25.0. The molecular weight excluding hydrogens is 579 g/mol. The van der Waals surface area contributed by atoms with Crippen molar-refractivity contribution in [2.24, 2.45) is 0 Å². The molecule has 1 aliphatic heterocycles. The van der Waals surface area contributed by atoms with Crippen molar-refractivity contribution < 1.29 is 41.8 Å². The van der Waals surface area contributed by atoms with Gasteiger partial charge in [0, 0.05) is 0 Å². The molecule has 12 nitrogen and oxygen atoms in total. The lowest BCUT2D eigenvalue weighted by Gasteiger charge is -2.25. The molecule has 2 heterocycles. The fourth-order valence-corrected chi connectivity index (χ4v) is 5.57. The minimum Gasteiger partial charge on any atom is -0.462 e. The van der Waals surface area contributed by atoms with Gasteiger partial charge in [0.05, 0.1) is 18.9 Å². The molecule has 1 aromatic carbocycles. The van der Waals surface area contributed by atoms with Crippen LogP contribution in [0.3, 0.4) is 0 Å². The Kier molecular flexibility index (Phi) is 10.3. The van der Waals surface area contributed by atoms with Crippen LogP contribution < -0.4 is 20.9 Å². The number of aromatic nitrogens is 2. The standard InChI is InChI=1S/C24H31ClF2N3O9P/c1-5-6-15-7-9-16(10-8-15)39-40(35,29-14(4)21(33)37-13(2)3)36-12-18-19(31)24(25,27)22(38-18)30-11-17(26)20(32)28-23(30)34/h7-11,13-14,18-19,22,31H,5-6,12H2,1-4H3,(H,29,35)(H,28,32,34). The van der Waals surface area contributed by atoms with Crippen LogP contribution in [0.4, 0.5) is 8.78 Å². The van der Waals surface area contributed by atoms with Gasteiger partial charge in [-0.05, 0) is 44.9 Å². The Hall–Kier alpha value is -2.61. The molecular formula is C24H31ClF2N3O9P. The van der Waals surface area contributed by atoms with Crippen molar-refractivity contribution in [2.45, 2.75) is 76.2 Å². The number of benzene rings is 1. The quantitative estimate of drug-likeness (QED) is 0.186. The van der Waals surface area contributed by atoms with Crippen LogP contribution in [0.5, 0.6) is 5.75 Å². The van der Waals surface area contributed by atoms with Crippen molar-refractivity contribution in [1.82, 2.24) is 14.6 Å². The number of ether oxygens (including phenoxy) is 2. The van der Waals surface area contributed by atoms with Crippen molar-refractivity contribution in [3.05, 3.63) is 62.7 Å². The number of carbonyl (C=O) groups excluding carboxylic acids is 1. The van der Waals surface area contributed by atoms with E-state index in [0.717, 1.165) is 18.4 Å². The first-order chi connectivity index (χ1) is 18.7. The van der Waals surface area contributed by atoms with Gasteiger partial charge in [-0.3, -0.25) is 23.7 Å². The summed E-state index contributed by atoms with van der Waals surface area (Å²) < 4.78 is 64.6. The zero-order valence-corrected chi connectivity index (χ0v) is 23.8. The van der Waals surface area contributed by atoms with Crippen LogP contribution in [0.25, 0.3) is 0 Å². The summed E-state index contributed by atoms with van der Waals surface area (Å²) in [5.74, 6) is -2.08. The summed E-state index contributed by atoms with van der Waals surface area (Å²) in [6.45, 7) is 5.79. The predicted molar refractivity (Wildman–Crippen MR) is 139 cm³/mol. The topological polar surface area (TPSA) is 158 Å². The first kappa shape index (κ1) is 31.9. The number of halogens is 3. The third-order valence-electron chi connectivity index (χ3n) is 5.71. The summed E-state index contributed by atoms with van der Waals surface area (Å²) in [4.78, 5) is 37.4. The van der Waals surface area contributed by atoms with Crippen molar-refractivity contribution in [3.63, 3.8) is 0 Å². The highest BCUT2D eigenvalue weighted by Gasteiger charge is 2.58. The number of carbonyl (C=O) groups is 1. The summed E-state index contributed by atoms with van der Waals surface area (Å²) >= 11 is 5.82. The van der Waals surface area contributed by atoms with Gasteiger partial charge in [0.1, 0.15) is 24.0 Å². The maximum Gasteiger partial charge on any atom is 0.459 e. The van der Waals surface area contributed by atoms with Crippen LogP contribution in [0.2, 0.25) is 0 Å². The van der Waals surface area contributed by atoms with Gasteiger partial charge in [-0.2, -0.15) is 9.48 Å². The van der Waals surface area contributed by atoms with Crippen LogP contribution in [0.15, 0.2) is 40.1 Å². The Morgan fingerprint density at radius 3 is 2.55 bits per heavy atom. The van der Waals surface area contributed by atoms with Crippen LogP contribution >= 0.6 is 19.3 Å². The number of aliphatic hydroxyl groups is 1. The molecule has 6 atom stereocenters. The maximum absolute atomic E-state index is 15.3. The minimum absolute atomic E-state index is 0.110. The zero-order valence-electron chi connectivity index (χ0n) is 22.1. The number of aromatic amines is 1. The molecule has 0 amide bonds. The van der Waals surface area contributed by atoms with Crippen LogP contribution in [0.1, 0.15) is 45.9 Å². The third kappa shape index (κ3) is 7.56. The second kappa shape index (κ2) is 12.9. The lowest BCUT2D eigenvalue weighted by atomic mass is 10.1. The number of aryl methyl sites for hydroxylation is 1. The van der Waals surface area contributed by atoms with E-state index in [0.29, 0.717) is 10.8 Å². The molecule has 16 heteroatoms. The average Bonchev–Trinajstić information content (AvgIpc) is 3.09. The molecule has 3 rings (SSSR count). The summed E-state index contributed by atoms with van der Waals surface area (Å²) in [5, 5.41) is 9.73. The van der Waals surface area contributed by atoms with Crippen LogP contribution in [-0.4, -0.2) is 56.7 Å². The van der Waals surface area contributed by atoms with Crippen LogP contribution in [-0.2, 0) is 29.8 Å². The number of nitrogens with one attached hydrogen (secondary N) is 2. The maximum atomic E-state index is 15.3. The van der Waals surface area contributed by atoms with Crippen molar-refractivity contribution >= 4 is 25.3 Å². The lowest BCUT2D eigenvalue weighted by molar-refractivity contribution is -0.149. The Morgan fingerprint density at radius 2 is 1.95 bits per heavy atom. The summed E-state index contributed by atoms with van der Waals surface area (Å²) in [6.07, 6.45) is -4.32. The van der Waals surface area contributed by atoms with E-state index in [1.807, 2.05) is 6.92 Å². The van der Waals surface area contributed by atoms with Gasteiger partial charge >= 0.3 is 19.4 Å². The van der Waals surface area contributed by atoms with Gasteiger partial charge in [0.25, 0.3) is 10.7 Å². The van der Waals surface area contributed by atoms with Gasteiger partial charge in [-0.25, -0.2) is 13.8 Å². The fourth-order valence-electron chi connectivity index (χ4n) is 3.77. The monoisotopic (exact) mass is 609 g/mol. The zero-order chi connectivity index (χ0) is 29.8. The number of rotatable bonds is 12. The van der Waals surface area contributed by atoms with Crippen molar-refractivity contribution in [1.29, 1.82) is 0 Å². The average molecular weight is 610 g/mol. The van der Waals surface area contributed by atoms with Gasteiger partial charge in [-0.1, -0.05) is 37.1 Å². The first-order valence-electron chi connectivity index (χ1n) is 12.4. The molecule has 1 fully saturated rings. The van der Waals surface area contributed by atoms with Crippen molar-refractivity contribution in [3.8, 4) is 5.75 Å². The molecule has 6 unspecified atom stereocenters. The van der Waals surface area contributed by atoms with Gasteiger partial charge < -0.3 is 19.1 Å². The number of esters is 1. The van der Waals surface area contributed by atoms with Gasteiger partial charge in [-0.15, -0.1) is 0 Å². The molecule has 0 radical (unpaired) electrons. The molecule has 40 heavy (non-hydrogen) atoms. The highest BCUT2D eigenvalue weighted by Crippen LogP contribution is 2.48. The first-order valence-corrected chi connectivity index (χ1v) is 14.3. The van der Waals surface area contributed by atoms with E-state index in [9.17, 15) is 28.4 Å². The number of hydrogen-bond acceptors (Lipinski definition) is 9. The van der Waals surface area contributed by atoms with E-state index in [-0.39, 0.29) is 5.75 Å². The smallest absolute Gasteiger partial charge is 0.459 e. The van der Waals surface area contributed by atoms with Gasteiger partial charge in [0.2, 0.25) is 5.82 Å². The summed E-state index contributed by atoms with van der Waals surface area (Å²) in [5.41, 5.74) is -1.61. The van der Waals surface area contributed by atoms with E-state index in [4.69, 9.17) is 30.1 Å². The van der Waals surface area contributed by atoms with Crippen LogP contribution in [0, 0.1) is 5.82 Å². The Labute approximate surface area is 233 Å². The van der Waals surface area contributed by atoms with E-state index in [1.165, 1.54) is 6.92 Å². The number of H-pyrrole nitrogens is 1. The Balaban J connectivity index is 1.83. The lowest BCUT2D eigenvalue weighted by Crippen LogP contribution is -2.42. The highest BCUT2D eigenvalue weighted by atomic mass is 35.5. The summed E-state index contributed by atoms with van der Waals surface area (Å²) in [7, 11) is -4.45. The predicted octanol–water partition coefficient (Wildman–Crippen LogP) is 2.92. The summed E-state index contributed by atoms with van der Waals surface area (Å²) in [6, 6.07) is 5.39. The molecule has 0 saturated carbocycles. The van der Waals surface area contributed by atoms with E-state index in [2.05, 4.69) is 5.09 Å². The molecule has 0 aliphatic carbocycles. The van der Waals surface area contributed by atoms with Crippen molar-refractivity contribution in [2.75, 3.05) is 6.61 Å². The van der Waals surface area contributed by atoms with E-state index >= 15 is 4.39 Å². The molecule has 1 saturated heterocycles. The van der Waals surface area contributed by atoms with Gasteiger partial charge in [0.15, 0.2) is 6.23 Å². The second-order valence-electron chi connectivity index (χ2n) is 9.40. The SMILES string of the molecule is CCCc1ccc(OP(=O)(NC(C)C(=O)OC(C)C)OCC2OC(n3cc(F)c(=O)[nH]c3=O)C(F)(Cl)C2O)cc1. The largest absolute Gasteiger partial charge is 0.462 e. The second-order valence-corrected chi connectivity index (χ2v) is 11.7. The minimum atomic E-state index is -4.45. The van der Waals surface area contributed by atoms with E-state index in [1.54, 1.807) is 43.1 Å². The third-order valence-corrected chi connectivity index (χ3v) is 7.76. The fraction of sp³-hybridized carbons (Fsp3) is 0.542. The number of alkyl halides is 2. The highest BCUT2D eigenvalue weighted by molar-refractivity contribution is 7.52. The van der Waals surface area contributed by atoms with E-state index < -0.39 is 73.1 Å².